The SMILES string of the molecule is Cc1cn2nc(-c3cc(F)c4nc(N)nn4c3)cc(C)c2n1. The second kappa shape index (κ2) is 4.23. The minimum Gasteiger partial charge on any atom is -0.366 e. The van der Waals surface area contributed by atoms with Gasteiger partial charge in [-0.15, -0.1) is 5.10 Å². The number of hydrogen-bond donors (Lipinski definition) is 1. The third-order valence-corrected chi connectivity index (χ3v) is 3.43. The minimum atomic E-state index is -0.497. The number of rotatable bonds is 1. The number of imidazole rings is 1. The normalized spacial score (nSPS) is 11.6. The average Bonchev–Trinajstić information content (AvgIpc) is 3.00. The molecule has 0 amide bonds. The Kier molecular flexibility index (Phi) is 2.44. The van der Waals surface area contributed by atoms with Gasteiger partial charge in [0.05, 0.1) is 17.6 Å². The Morgan fingerprint density at radius 3 is 2.59 bits per heavy atom. The smallest absolute Gasteiger partial charge is 0.240 e. The van der Waals surface area contributed by atoms with Crippen molar-refractivity contribution in [2.45, 2.75) is 13.8 Å². The molecule has 0 aliphatic heterocycles. The highest BCUT2D eigenvalue weighted by atomic mass is 19.1. The molecule has 22 heavy (non-hydrogen) atoms. The van der Waals surface area contributed by atoms with Crippen molar-refractivity contribution in [2.24, 2.45) is 0 Å². The van der Waals surface area contributed by atoms with Crippen LogP contribution in [0.25, 0.3) is 22.6 Å². The number of aryl methyl sites for hydroxylation is 2. The molecular weight excluding hydrogens is 285 g/mol. The Morgan fingerprint density at radius 1 is 1.00 bits per heavy atom. The number of hydrogen-bond acceptors (Lipinski definition) is 5. The van der Waals surface area contributed by atoms with Crippen LogP contribution in [-0.4, -0.2) is 29.2 Å². The van der Waals surface area contributed by atoms with Crippen LogP contribution < -0.4 is 5.73 Å². The van der Waals surface area contributed by atoms with Crippen LogP contribution in [0.3, 0.4) is 0 Å². The zero-order chi connectivity index (χ0) is 15.4. The third-order valence-electron chi connectivity index (χ3n) is 3.43. The monoisotopic (exact) mass is 297 g/mol. The second-order valence-corrected chi connectivity index (χ2v) is 5.18. The molecule has 4 heterocycles. The molecule has 8 heteroatoms. The zero-order valence-corrected chi connectivity index (χ0v) is 11.9. The van der Waals surface area contributed by atoms with E-state index < -0.39 is 5.82 Å². The lowest BCUT2D eigenvalue weighted by atomic mass is 10.1. The molecule has 0 radical (unpaired) electrons. The van der Waals surface area contributed by atoms with E-state index in [4.69, 9.17) is 5.73 Å². The van der Waals surface area contributed by atoms with E-state index in [0.717, 1.165) is 16.9 Å². The van der Waals surface area contributed by atoms with Gasteiger partial charge in [-0.1, -0.05) is 0 Å². The first kappa shape index (κ1) is 12.7. The molecule has 0 unspecified atom stereocenters. The van der Waals surface area contributed by atoms with E-state index >= 15 is 0 Å². The highest BCUT2D eigenvalue weighted by Crippen LogP contribution is 2.22. The summed E-state index contributed by atoms with van der Waals surface area (Å²) in [4.78, 5) is 8.24. The van der Waals surface area contributed by atoms with E-state index in [-0.39, 0.29) is 11.6 Å². The van der Waals surface area contributed by atoms with Crippen LogP contribution in [0.4, 0.5) is 10.3 Å². The molecule has 0 aliphatic carbocycles. The van der Waals surface area contributed by atoms with E-state index in [9.17, 15) is 4.39 Å². The molecule has 0 spiro atoms. The molecule has 0 atom stereocenters. The predicted octanol–water partition coefficient (Wildman–Crippen LogP) is 1.78. The van der Waals surface area contributed by atoms with Gasteiger partial charge >= 0.3 is 0 Å². The van der Waals surface area contributed by atoms with E-state index in [2.05, 4.69) is 20.2 Å². The van der Waals surface area contributed by atoms with Crippen molar-refractivity contribution in [2.75, 3.05) is 5.73 Å². The van der Waals surface area contributed by atoms with Crippen LogP contribution in [0.1, 0.15) is 11.3 Å². The van der Waals surface area contributed by atoms with Crippen LogP contribution in [0.2, 0.25) is 0 Å². The van der Waals surface area contributed by atoms with Crippen molar-refractivity contribution in [1.29, 1.82) is 0 Å². The zero-order valence-electron chi connectivity index (χ0n) is 11.9. The lowest BCUT2D eigenvalue weighted by Gasteiger charge is -2.05. The standard InChI is InChI=1S/C14H12FN7/c1-7-3-11(19-21-5-8(2)17-12(7)21)9-4-10(15)13-18-14(16)20-22(13)6-9/h3-6H,1-2H3,(H2,16,20). The van der Waals surface area contributed by atoms with Gasteiger partial charge in [0.2, 0.25) is 5.95 Å². The Morgan fingerprint density at radius 2 is 1.77 bits per heavy atom. The molecule has 4 aromatic heterocycles. The summed E-state index contributed by atoms with van der Waals surface area (Å²) in [5, 5.41) is 8.42. The summed E-state index contributed by atoms with van der Waals surface area (Å²) in [6.45, 7) is 3.84. The van der Waals surface area contributed by atoms with E-state index in [1.54, 1.807) is 10.7 Å². The van der Waals surface area contributed by atoms with Crippen LogP contribution >= 0.6 is 0 Å². The fourth-order valence-electron chi connectivity index (χ4n) is 2.49. The maximum atomic E-state index is 14.1. The second-order valence-electron chi connectivity index (χ2n) is 5.18. The Bertz CT molecular complexity index is 947. The predicted molar refractivity (Wildman–Crippen MR) is 78.8 cm³/mol. The average molecular weight is 297 g/mol. The third kappa shape index (κ3) is 1.80. The number of fused-ring (bicyclic) bond motifs is 2. The van der Waals surface area contributed by atoms with Gasteiger partial charge in [0, 0.05) is 11.8 Å². The highest BCUT2D eigenvalue weighted by molar-refractivity contribution is 5.64. The lowest BCUT2D eigenvalue weighted by Crippen LogP contribution is -1.99. The fourth-order valence-corrected chi connectivity index (χ4v) is 2.49. The van der Waals surface area contributed by atoms with Gasteiger partial charge in [0.15, 0.2) is 17.1 Å². The van der Waals surface area contributed by atoms with Crippen LogP contribution in [0.5, 0.6) is 0 Å². The first-order valence-electron chi connectivity index (χ1n) is 6.66. The minimum absolute atomic E-state index is 0.0286. The maximum Gasteiger partial charge on any atom is 0.240 e. The Labute approximate surface area is 124 Å². The van der Waals surface area contributed by atoms with Gasteiger partial charge in [0.1, 0.15) is 0 Å². The molecule has 0 saturated carbocycles. The summed E-state index contributed by atoms with van der Waals surface area (Å²) < 4.78 is 17.2. The topological polar surface area (TPSA) is 86.4 Å². The van der Waals surface area contributed by atoms with E-state index in [1.807, 2.05) is 26.1 Å². The molecule has 4 rings (SSSR count). The van der Waals surface area contributed by atoms with E-state index in [1.165, 1.54) is 10.6 Å². The number of nitrogens with two attached hydrogens (primary N) is 1. The molecule has 7 nitrogen and oxygen atoms in total. The van der Waals surface area contributed by atoms with Crippen LogP contribution in [-0.2, 0) is 0 Å². The van der Waals surface area contributed by atoms with Crippen molar-refractivity contribution < 1.29 is 4.39 Å². The first-order chi connectivity index (χ1) is 10.5. The lowest BCUT2D eigenvalue weighted by molar-refractivity contribution is 0.628. The number of halogens is 1. The number of nitrogens with zero attached hydrogens (tertiary/aromatic N) is 6. The molecule has 110 valence electrons. The molecule has 2 N–H and O–H groups in total. The van der Waals surface area contributed by atoms with Gasteiger partial charge in [-0.05, 0) is 31.5 Å². The van der Waals surface area contributed by atoms with Crippen molar-refractivity contribution >= 4 is 17.2 Å². The maximum absolute atomic E-state index is 14.1. The molecule has 0 saturated heterocycles. The van der Waals surface area contributed by atoms with Crippen LogP contribution in [0, 0.1) is 19.7 Å². The molecular formula is C14H12FN7. The summed E-state index contributed by atoms with van der Waals surface area (Å²) >= 11 is 0. The largest absolute Gasteiger partial charge is 0.366 e. The quantitative estimate of drug-likeness (QED) is 0.578. The number of nitrogen functional groups attached to an aromatic ring is 1. The molecule has 0 aliphatic rings. The summed E-state index contributed by atoms with van der Waals surface area (Å²) in [5.74, 6) is -0.469. The molecule has 0 bridgehead atoms. The number of aromatic nitrogens is 6. The number of anilines is 1. The molecule has 4 aromatic rings. The first-order valence-corrected chi connectivity index (χ1v) is 6.66. The number of pyridine rings is 1. The van der Waals surface area contributed by atoms with Gasteiger partial charge in [-0.2, -0.15) is 10.1 Å². The Hall–Kier alpha value is -3.03. The molecule has 0 aromatic carbocycles. The van der Waals surface area contributed by atoms with Crippen molar-refractivity contribution in [3.63, 3.8) is 0 Å². The van der Waals surface area contributed by atoms with Gasteiger partial charge in [0.25, 0.3) is 0 Å². The van der Waals surface area contributed by atoms with Gasteiger partial charge < -0.3 is 5.73 Å². The summed E-state index contributed by atoms with van der Waals surface area (Å²) in [7, 11) is 0. The van der Waals surface area contributed by atoms with Crippen molar-refractivity contribution in [3.05, 3.63) is 41.6 Å². The van der Waals surface area contributed by atoms with Crippen LogP contribution in [0.15, 0.2) is 24.5 Å². The fraction of sp³-hybridized carbons (Fsp3) is 0.143. The van der Waals surface area contributed by atoms with E-state index in [0.29, 0.717) is 11.3 Å². The Balaban J connectivity index is 1.97. The van der Waals surface area contributed by atoms with Gasteiger partial charge in [-0.25, -0.2) is 18.4 Å². The summed E-state index contributed by atoms with van der Waals surface area (Å²) in [5.41, 5.74) is 9.43. The highest BCUT2D eigenvalue weighted by Gasteiger charge is 2.12. The molecule has 0 fully saturated rings. The van der Waals surface area contributed by atoms with Crippen molar-refractivity contribution in [3.8, 4) is 11.3 Å². The summed E-state index contributed by atoms with van der Waals surface area (Å²) in [6.07, 6.45) is 3.48. The summed E-state index contributed by atoms with van der Waals surface area (Å²) in [6, 6.07) is 3.24. The van der Waals surface area contributed by atoms with Gasteiger partial charge in [-0.3, -0.25) is 0 Å². The van der Waals surface area contributed by atoms with Crippen molar-refractivity contribution in [1.82, 2.24) is 29.2 Å².